The summed E-state index contributed by atoms with van der Waals surface area (Å²) in [5.74, 6) is 0. The van der Waals surface area contributed by atoms with Crippen molar-refractivity contribution in [3.8, 4) is 11.1 Å². The summed E-state index contributed by atoms with van der Waals surface area (Å²) < 4.78 is 0. The number of aryl methyl sites for hydroxylation is 1. The molecular formula is C32H34NZr-. The maximum Gasteiger partial charge on any atom is 0.0740 e. The van der Waals surface area contributed by atoms with Gasteiger partial charge in [0.2, 0.25) is 0 Å². The molecule has 0 atom stereocenters. The first-order valence-corrected chi connectivity index (χ1v) is 12.4. The van der Waals surface area contributed by atoms with E-state index in [9.17, 15) is 0 Å². The summed E-state index contributed by atoms with van der Waals surface area (Å²) >= 11 is 0. The van der Waals surface area contributed by atoms with Crippen LogP contribution in [0.5, 0.6) is 0 Å². The van der Waals surface area contributed by atoms with Crippen molar-refractivity contribution in [1.82, 2.24) is 0 Å². The summed E-state index contributed by atoms with van der Waals surface area (Å²) in [6.07, 6.45) is 8.87. The van der Waals surface area contributed by atoms with Gasteiger partial charge in [-0.05, 0) is 65.0 Å². The molecule has 2 aliphatic carbocycles. The van der Waals surface area contributed by atoms with Crippen molar-refractivity contribution < 1.29 is 26.2 Å². The molecule has 3 aliphatic rings. The SMILES string of the molecule is CCC1=C2CCC1=C1C=CN=C12.CCc1cc2c(-c3ccc(C(C)(C)C)cc3)cccc2[cH-]1.[Zr]. The summed E-state index contributed by atoms with van der Waals surface area (Å²) in [4.78, 5) is 4.40. The largest absolute Gasteiger partial charge is 0.256 e. The van der Waals surface area contributed by atoms with Gasteiger partial charge in [-0.2, -0.15) is 6.07 Å². The van der Waals surface area contributed by atoms with Crippen molar-refractivity contribution in [3.05, 3.63) is 100 Å². The zero-order valence-corrected chi connectivity index (χ0v) is 23.6. The van der Waals surface area contributed by atoms with Gasteiger partial charge < -0.3 is 0 Å². The second-order valence-corrected chi connectivity index (χ2v) is 10.3. The summed E-state index contributed by atoms with van der Waals surface area (Å²) in [6.45, 7) is 11.2. The van der Waals surface area contributed by atoms with Crippen LogP contribution in [0, 0.1) is 0 Å². The summed E-state index contributed by atoms with van der Waals surface area (Å²) in [6, 6.07) is 20.3. The second kappa shape index (κ2) is 9.83. The topological polar surface area (TPSA) is 12.4 Å². The van der Waals surface area contributed by atoms with E-state index in [0.717, 1.165) is 6.42 Å². The van der Waals surface area contributed by atoms with Gasteiger partial charge in [-0.25, -0.2) is 0 Å². The molecule has 0 N–H and O–H groups in total. The Balaban J connectivity index is 0.000000178. The van der Waals surface area contributed by atoms with Gasteiger partial charge >= 0.3 is 0 Å². The molecule has 0 aromatic heterocycles. The average molecular weight is 524 g/mol. The quantitative estimate of drug-likeness (QED) is 0.304. The molecule has 0 unspecified atom stereocenters. The predicted octanol–water partition coefficient (Wildman–Crippen LogP) is 8.85. The predicted molar refractivity (Wildman–Crippen MR) is 143 cm³/mol. The normalized spacial score (nSPS) is 16.0. The van der Waals surface area contributed by atoms with Crippen molar-refractivity contribution in [2.75, 3.05) is 0 Å². The fourth-order valence-electron chi connectivity index (χ4n) is 5.44. The van der Waals surface area contributed by atoms with Gasteiger partial charge in [-0.15, -0.1) is 34.5 Å². The minimum Gasteiger partial charge on any atom is -0.256 e. The van der Waals surface area contributed by atoms with Crippen LogP contribution in [0.3, 0.4) is 0 Å². The van der Waals surface area contributed by atoms with Crippen molar-refractivity contribution in [3.63, 3.8) is 0 Å². The molecule has 6 rings (SSSR count). The molecule has 34 heavy (non-hydrogen) atoms. The van der Waals surface area contributed by atoms with Gasteiger partial charge in [0.15, 0.2) is 0 Å². The number of allylic oxidation sites excluding steroid dienone is 5. The Morgan fingerprint density at radius 3 is 2.29 bits per heavy atom. The van der Waals surface area contributed by atoms with Crippen molar-refractivity contribution in [2.45, 2.75) is 65.7 Å². The average Bonchev–Trinajstić information content (AvgIpc) is 3.59. The third kappa shape index (κ3) is 4.43. The Hall–Kier alpha value is -2.18. The van der Waals surface area contributed by atoms with Crippen LogP contribution in [0.25, 0.3) is 21.9 Å². The summed E-state index contributed by atoms with van der Waals surface area (Å²) in [5.41, 5.74) is 13.1. The van der Waals surface area contributed by atoms with Gasteiger partial charge in [0.25, 0.3) is 0 Å². The smallest absolute Gasteiger partial charge is 0.0740 e. The molecule has 0 amide bonds. The first kappa shape index (κ1) is 24.9. The van der Waals surface area contributed by atoms with E-state index in [1.54, 1.807) is 11.1 Å². The first-order chi connectivity index (χ1) is 15.9. The van der Waals surface area contributed by atoms with Crippen molar-refractivity contribution in [2.24, 2.45) is 4.99 Å². The minimum absolute atomic E-state index is 0. The third-order valence-electron chi connectivity index (χ3n) is 7.30. The fraction of sp³-hybridized carbons (Fsp3) is 0.312. The maximum atomic E-state index is 4.40. The van der Waals surface area contributed by atoms with Crippen LogP contribution in [0.4, 0.5) is 0 Å². The molecule has 172 valence electrons. The second-order valence-electron chi connectivity index (χ2n) is 10.3. The Kier molecular flexibility index (Phi) is 7.20. The molecule has 3 aromatic carbocycles. The molecule has 1 nitrogen and oxygen atoms in total. The molecule has 1 aliphatic heterocycles. The Morgan fingerprint density at radius 2 is 1.65 bits per heavy atom. The van der Waals surface area contributed by atoms with Crippen LogP contribution in [0.2, 0.25) is 0 Å². The molecule has 0 radical (unpaired) electrons. The number of hydrogen-bond donors (Lipinski definition) is 0. The molecule has 2 bridgehead atoms. The van der Waals surface area contributed by atoms with Crippen molar-refractivity contribution in [1.29, 1.82) is 0 Å². The zero-order chi connectivity index (χ0) is 23.2. The van der Waals surface area contributed by atoms with Crippen LogP contribution >= 0.6 is 0 Å². The number of hydrogen-bond acceptors (Lipinski definition) is 1. The molecular weight excluding hydrogens is 490 g/mol. The van der Waals surface area contributed by atoms with E-state index in [1.165, 1.54) is 69.1 Å². The van der Waals surface area contributed by atoms with Gasteiger partial charge in [0.05, 0.1) is 5.71 Å². The molecule has 0 fully saturated rings. The van der Waals surface area contributed by atoms with Crippen LogP contribution in [0.1, 0.15) is 65.0 Å². The molecule has 2 heteroatoms. The van der Waals surface area contributed by atoms with E-state index >= 15 is 0 Å². The van der Waals surface area contributed by atoms with Gasteiger partial charge in [0, 0.05) is 38.0 Å². The molecule has 0 saturated carbocycles. The molecule has 1 heterocycles. The number of fused-ring (bicyclic) bond motifs is 4. The first-order valence-electron chi connectivity index (χ1n) is 12.4. The Bertz CT molecular complexity index is 1330. The maximum absolute atomic E-state index is 4.40. The van der Waals surface area contributed by atoms with Gasteiger partial charge in [0.1, 0.15) is 0 Å². The van der Waals surface area contributed by atoms with E-state index in [0.29, 0.717) is 0 Å². The van der Waals surface area contributed by atoms with Crippen molar-refractivity contribution >= 4 is 16.5 Å². The number of benzene rings is 2. The zero-order valence-electron chi connectivity index (χ0n) is 21.1. The van der Waals surface area contributed by atoms with Gasteiger partial charge in [-0.1, -0.05) is 70.5 Å². The molecule has 0 spiro atoms. The van der Waals surface area contributed by atoms with Crippen LogP contribution in [-0.2, 0) is 38.0 Å². The molecule has 0 saturated heterocycles. The fourth-order valence-corrected chi connectivity index (χ4v) is 5.44. The number of aliphatic imine (C=N–C) groups is 1. The van der Waals surface area contributed by atoms with E-state index in [2.05, 4.69) is 100 Å². The van der Waals surface area contributed by atoms with Crippen LogP contribution in [0.15, 0.2) is 94.2 Å². The van der Waals surface area contributed by atoms with Gasteiger partial charge in [-0.3, -0.25) is 4.99 Å². The molecule has 3 aromatic rings. The third-order valence-corrected chi connectivity index (χ3v) is 7.30. The van der Waals surface area contributed by atoms with Crippen LogP contribution < -0.4 is 0 Å². The summed E-state index contributed by atoms with van der Waals surface area (Å²) in [7, 11) is 0. The Morgan fingerprint density at radius 1 is 0.912 bits per heavy atom. The monoisotopic (exact) mass is 522 g/mol. The van der Waals surface area contributed by atoms with E-state index in [4.69, 9.17) is 0 Å². The van der Waals surface area contributed by atoms with E-state index in [-0.39, 0.29) is 31.6 Å². The summed E-state index contributed by atoms with van der Waals surface area (Å²) in [5, 5.41) is 2.72. The van der Waals surface area contributed by atoms with E-state index < -0.39 is 0 Å². The standard InChI is InChI=1S/C21H23.C11H11N.Zr/c1-5-15-13-17-7-6-8-19(20(17)14-15)16-9-11-18(12-10-16)21(2,3)4;1-2-7-8-3-4-9(7)11-10(8)5-6-12-11;/h6-14H,5H2,1-4H3;5-6H,2-4H2,1H3;/q-1;;. The Labute approximate surface area is 223 Å². The number of rotatable bonds is 3. The number of nitrogens with zero attached hydrogens (tertiary/aromatic N) is 1. The van der Waals surface area contributed by atoms with Crippen LogP contribution in [-0.4, -0.2) is 5.71 Å². The van der Waals surface area contributed by atoms with E-state index in [1.807, 2.05) is 6.20 Å². The minimum atomic E-state index is 0.